The summed E-state index contributed by atoms with van der Waals surface area (Å²) in [7, 11) is 0. The van der Waals surface area contributed by atoms with E-state index in [0.717, 1.165) is 58.9 Å². The highest BCUT2D eigenvalue weighted by molar-refractivity contribution is 5.93. The molecule has 3 aliphatic rings. The molecule has 232 valence electrons. The van der Waals surface area contributed by atoms with Crippen molar-refractivity contribution < 1.29 is 9.59 Å². The Hall–Kier alpha value is -2.43. The van der Waals surface area contributed by atoms with Crippen LogP contribution in [0.4, 0.5) is 10.5 Å². The van der Waals surface area contributed by atoms with E-state index in [1.807, 2.05) is 0 Å². The van der Waals surface area contributed by atoms with Crippen LogP contribution in [0.3, 0.4) is 0 Å². The Labute approximate surface area is 244 Å². The third kappa shape index (κ3) is 11.8. The molecule has 0 atom stereocenters. The van der Waals surface area contributed by atoms with Crippen LogP contribution in [0.15, 0.2) is 18.3 Å². The highest BCUT2D eigenvalue weighted by Crippen LogP contribution is 2.09. The molecule has 11 N–H and O–H groups in total. The number of anilines is 1. The Morgan fingerprint density at radius 3 is 1.83 bits per heavy atom. The van der Waals surface area contributed by atoms with Crippen molar-refractivity contribution in [3.05, 3.63) is 24.0 Å². The first-order valence-electron chi connectivity index (χ1n) is 15.0. The van der Waals surface area contributed by atoms with Gasteiger partial charge in [0, 0.05) is 91.6 Å². The SMILES string of the molecule is CCN(CC)CCNC(=O)c1ccc(NC(=O)NC23CNCCNCC(N)(CNCCNC2)CNCCNC3)cn1. The predicted octanol–water partition coefficient (Wildman–Crippen LogP) is -2.72. The van der Waals surface area contributed by atoms with Gasteiger partial charge >= 0.3 is 6.03 Å². The van der Waals surface area contributed by atoms with Crippen molar-refractivity contribution in [2.24, 2.45) is 5.73 Å². The summed E-state index contributed by atoms with van der Waals surface area (Å²) in [5.41, 5.74) is 6.53. The van der Waals surface area contributed by atoms with Gasteiger partial charge in [-0.15, -0.1) is 0 Å². The highest BCUT2D eigenvalue weighted by Gasteiger charge is 2.32. The van der Waals surface area contributed by atoms with Crippen LogP contribution >= 0.6 is 0 Å². The van der Waals surface area contributed by atoms with Gasteiger partial charge in [-0.2, -0.15) is 0 Å². The molecule has 1 aromatic rings. The Morgan fingerprint density at radius 1 is 0.854 bits per heavy atom. The van der Waals surface area contributed by atoms with Crippen LogP contribution in [0.5, 0.6) is 0 Å². The fraction of sp³-hybridized carbons (Fsp3) is 0.741. The second-order valence-electron chi connectivity index (χ2n) is 11.0. The molecule has 14 heteroatoms. The molecule has 14 nitrogen and oxygen atoms in total. The lowest BCUT2D eigenvalue weighted by molar-refractivity contribution is 0.0944. The number of aromatic nitrogens is 1. The molecule has 4 heterocycles. The summed E-state index contributed by atoms with van der Waals surface area (Å²) in [5.74, 6) is -0.231. The van der Waals surface area contributed by atoms with E-state index in [4.69, 9.17) is 5.73 Å². The molecule has 41 heavy (non-hydrogen) atoms. The first kappa shape index (κ1) is 33.1. The third-order valence-corrected chi connectivity index (χ3v) is 7.50. The van der Waals surface area contributed by atoms with Gasteiger partial charge in [0.05, 0.1) is 23.0 Å². The second kappa shape index (κ2) is 17.5. The van der Waals surface area contributed by atoms with E-state index in [-0.39, 0.29) is 17.5 Å². The van der Waals surface area contributed by atoms with Crippen molar-refractivity contribution in [2.45, 2.75) is 24.9 Å². The molecule has 1 aromatic heterocycles. The fourth-order valence-electron chi connectivity index (χ4n) is 5.00. The van der Waals surface area contributed by atoms with Gasteiger partial charge < -0.3 is 58.5 Å². The molecule has 3 aliphatic heterocycles. The summed E-state index contributed by atoms with van der Waals surface area (Å²) >= 11 is 0. The zero-order valence-electron chi connectivity index (χ0n) is 24.8. The van der Waals surface area contributed by atoms with Gasteiger partial charge in [-0.05, 0) is 25.2 Å². The van der Waals surface area contributed by atoms with Crippen LogP contribution in [0.1, 0.15) is 24.3 Å². The van der Waals surface area contributed by atoms with E-state index in [9.17, 15) is 9.59 Å². The number of nitrogens with zero attached hydrogens (tertiary/aromatic N) is 2. The number of nitrogens with one attached hydrogen (secondary N) is 9. The molecular weight excluding hydrogens is 524 g/mol. The second-order valence-corrected chi connectivity index (χ2v) is 11.0. The summed E-state index contributed by atoms with van der Waals surface area (Å²) in [5, 5.41) is 29.9. The maximum Gasteiger partial charge on any atom is 0.319 e. The lowest BCUT2D eigenvalue weighted by Gasteiger charge is -2.37. The third-order valence-electron chi connectivity index (χ3n) is 7.50. The molecule has 3 saturated heterocycles. The number of carbonyl (C=O) groups is 2. The van der Waals surface area contributed by atoms with Crippen LogP contribution in [0.25, 0.3) is 0 Å². The normalized spacial score (nSPS) is 25.2. The maximum absolute atomic E-state index is 13.2. The van der Waals surface area contributed by atoms with Gasteiger partial charge in [0.15, 0.2) is 0 Å². The van der Waals surface area contributed by atoms with Crippen LogP contribution in [-0.4, -0.2) is 138 Å². The molecule has 0 aromatic carbocycles. The molecule has 2 bridgehead atoms. The number of hydrogen-bond acceptors (Lipinski definition) is 11. The smallest absolute Gasteiger partial charge is 0.319 e. The van der Waals surface area contributed by atoms with E-state index in [0.29, 0.717) is 57.2 Å². The number of pyridine rings is 1. The number of nitrogens with two attached hydrogens (primary N) is 1. The minimum atomic E-state index is -0.589. The minimum Gasteiger partial charge on any atom is -0.349 e. The largest absolute Gasteiger partial charge is 0.349 e. The Bertz CT molecular complexity index is 869. The number of carbonyl (C=O) groups excluding carboxylic acids is 2. The van der Waals surface area contributed by atoms with Gasteiger partial charge in [-0.25, -0.2) is 9.78 Å². The molecule has 3 fully saturated rings. The molecule has 0 spiro atoms. The van der Waals surface area contributed by atoms with Crippen molar-refractivity contribution in [3.8, 4) is 0 Å². The average molecular weight is 577 g/mol. The van der Waals surface area contributed by atoms with E-state index in [1.165, 1.54) is 6.20 Å². The van der Waals surface area contributed by atoms with Crippen molar-refractivity contribution in [3.63, 3.8) is 0 Å². The minimum absolute atomic E-state index is 0.231. The zero-order chi connectivity index (χ0) is 29.4. The summed E-state index contributed by atoms with van der Waals surface area (Å²) < 4.78 is 0. The van der Waals surface area contributed by atoms with Crippen molar-refractivity contribution in [1.82, 2.24) is 52.4 Å². The monoisotopic (exact) mass is 576 g/mol. The van der Waals surface area contributed by atoms with E-state index in [2.05, 4.69) is 71.6 Å². The summed E-state index contributed by atoms with van der Waals surface area (Å²) in [6.07, 6.45) is 1.51. The summed E-state index contributed by atoms with van der Waals surface area (Å²) in [4.78, 5) is 32.2. The first-order chi connectivity index (χ1) is 19.9. The fourth-order valence-corrected chi connectivity index (χ4v) is 5.00. The standard InChI is InChI=1S/C27H52N12O2/c1-3-39(4-2)14-13-35-24(40)23-6-5-22(15-36-23)37-25(41)38-27-19-32-10-7-29-16-26(28,17-30-8-11-33-20-27)18-31-9-12-34-21-27/h5-6,15,29-34H,3-4,7-14,16-21,28H2,1-2H3,(H,35,40)(H2,37,38,41). The van der Waals surface area contributed by atoms with E-state index < -0.39 is 5.54 Å². The lowest BCUT2D eigenvalue weighted by atomic mass is 9.98. The topological polar surface area (TPSA) is 185 Å². The van der Waals surface area contributed by atoms with E-state index in [1.54, 1.807) is 12.1 Å². The Morgan fingerprint density at radius 2 is 1.37 bits per heavy atom. The molecule has 0 aliphatic carbocycles. The highest BCUT2D eigenvalue weighted by atomic mass is 16.2. The molecule has 0 unspecified atom stereocenters. The number of rotatable bonds is 8. The predicted molar refractivity (Wildman–Crippen MR) is 163 cm³/mol. The van der Waals surface area contributed by atoms with Crippen molar-refractivity contribution in [2.75, 3.05) is 110 Å². The molecule has 0 saturated carbocycles. The van der Waals surface area contributed by atoms with Gasteiger partial charge in [-0.1, -0.05) is 13.8 Å². The van der Waals surface area contributed by atoms with Gasteiger partial charge in [0.2, 0.25) is 0 Å². The van der Waals surface area contributed by atoms with Gasteiger partial charge in [0.1, 0.15) is 5.69 Å². The number of amides is 3. The van der Waals surface area contributed by atoms with Crippen LogP contribution < -0.4 is 53.6 Å². The number of hydrogen-bond donors (Lipinski definition) is 10. The number of urea groups is 1. The van der Waals surface area contributed by atoms with Gasteiger partial charge in [-0.3, -0.25) is 4.79 Å². The van der Waals surface area contributed by atoms with Crippen LogP contribution in [-0.2, 0) is 0 Å². The van der Waals surface area contributed by atoms with E-state index >= 15 is 0 Å². The summed E-state index contributed by atoms with van der Waals surface area (Å²) in [6, 6.07) is 2.98. The number of likely N-dealkylation sites (N-methyl/N-ethyl adjacent to an activating group) is 1. The van der Waals surface area contributed by atoms with Crippen molar-refractivity contribution >= 4 is 17.6 Å². The van der Waals surface area contributed by atoms with Crippen LogP contribution in [0, 0.1) is 0 Å². The Balaban J connectivity index is 1.60. The Kier molecular flexibility index (Phi) is 14.1. The summed E-state index contributed by atoms with van der Waals surface area (Å²) in [6.45, 7) is 15.8. The molecular formula is C27H52N12O2. The van der Waals surface area contributed by atoms with Crippen molar-refractivity contribution in [1.29, 1.82) is 0 Å². The molecule has 4 rings (SSSR count). The average Bonchev–Trinajstić information content (AvgIpc) is 2.96. The lowest BCUT2D eigenvalue weighted by Crippen LogP contribution is -2.67. The van der Waals surface area contributed by atoms with Crippen LogP contribution in [0.2, 0.25) is 0 Å². The number of fused-ring (bicyclic) bond motifs is 15. The first-order valence-corrected chi connectivity index (χ1v) is 15.0. The quantitative estimate of drug-likeness (QED) is 0.155. The molecule has 3 amide bonds. The van der Waals surface area contributed by atoms with Gasteiger partial charge in [0.25, 0.3) is 5.91 Å². The maximum atomic E-state index is 13.2. The molecule has 0 radical (unpaired) electrons. The zero-order valence-corrected chi connectivity index (χ0v) is 24.8.